The largest absolute Gasteiger partial charge is 0.508 e. The average Bonchev–Trinajstić information content (AvgIpc) is 2.69. The molecule has 1 aliphatic rings. The summed E-state index contributed by atoms with van der Waals surface area (Å²) < 4.78 is 16.3. The molecule has 1 aliphatic heterocycles. The van der Waals surface area contributed by atoms with Gasteiger partial charge in [0.15, 0.2) is 11.5 Å². The van der Waals surface area contributed by atoms with Crippen molar-refractivity contribution in [2.75, 3.05) is 32.3 Å². The van der Waals surface area contributed by atoms with E-state index in [1.54, 1.807) is 30.0 Å². The Labute approximate surface area is 161 Å². The number of rotatable bonds is 3. The van der Waals surface area contributed by atoms with Crippen molar-refractivity contribution in [1.82, 2.24) is 0 Å². The summed E-state index contributed by atoms with van der Waals surface area (Å²) in [6.07, 6.45) is -0.0128. The predicted octanol–water partition coefficient (Wildman–Crippen LogP) is 3.94. The standard InChI is InChI=1S/C21H21NO6/c1-4-28-21(25)22-8-7-14-16-15(22)10-11-9-12(23)5-6-13(11)17(16)19(26-2)20(27-3)18(14)24/h5-6,9-10,23-24H,4,7-8H2,1-3H3. The van der Waals surface area contributed by atoms with Crippen molar-refractivity contribution in [3.8, 4) is 23.0 Å². The summed E-state index contributed by atoms with van der Waals surface area (Å²) in [5.74, 6) is 0.750. The maximum Gasteiger partial charge on any atom is 0.414 e. The molecule has 0 fully saturated rings. The van der Waals surface area contributed by atoms with Crippen LogP contribution in [0.4, 0.5) is 10.5 Å². The zero-order valence-corrected chi connectivity index (χ0v) is 15.9. The molecule has 0 radical (unpaired) electrons. The molecule has 0 aromatic heterocycles. The number of aromatic hydroxyl groups is 2. The predicted molar refractivity (Wildman–Crippen MR) is 106 cm³/mol. The minimum atomic E-state index is -0.455. The number of amides is 1. The lowest BCUT2D eigenvalue weighted by molar-refractivity contribution is 0.159. The van der Waals surface area contributed by atoms with Crippen LogP contribution in [-0.2, 0) is 11.2 Å². The first-order valence-electron chi connectivity index (χ1n) is 9.01. The van der Waals surface area contributed by atoms with E-state index in [4.69, 9.17) is 14.2 Å². The van der Waals surface area contributed by atoms with Crippen molar-refractivity contribution >= 4 is 33.3 Å². The van der Waals surface area contributed by atoms with Crippen LogP contribution in [0, 0.1) is 0 Å². The van der Waals surface area contributed by atoms with Gasteiger partial charge in [-0.25, -0.2) is 4.79 Å². The number of hydrogen-bond acceptors (Lipinski definition) is 6. The first-order chi connectivity index (χ1) is 13.5. The van der Waals surface area contributed by atoms with Gasteiger partial charge < -0.3 is 24.4 Å². The number of anilines is 1. The van der Waals surface area contributed by atoms with Crippen LogP contribution in [0.2, 0.25) is 0 Å². The van der Waals surface area contributed by atoms with Gasteiger partial charge in [-0.15, -0.1) is 0 Å². The molecule has 0 saturated heterocycles. The fourth-order valence-corrected chi connectivity index (χ4v) is 3.97. The van der Waals surface area contributed by atoms with Crippen molar-refractivity contribution in [2.45, 2.75) is 13.3 Å². The van der Waals surface area contributed by atoms with Gasteiger partial charge >= 0.3 is 6.09 Å². The zero-order chi connectivity index (χ0) is 20.0. The molecule has 1 heterocycles. The summed E-state index contributed by atoms with van der Waals surface area (Å²) in [4.78, 5) is 14.1. The lowest BCUT2D eigenvalue weighted by atomic mass is 9.90. The minimum absolute atomic E-state index is 0.00902. The SMILES string of the molecule is CCOC(=O)N1CCc2c(O)c(OC)c(OC)c3c2c1cc1cc(O)ccc13. The second-order valence-electron chi connectivity index (χ2n) is 6.55. The van der Waals surface area contributed by atoms with E-state index >= 15 is 0 Å². The lowest BCUT2D eigenvalue weighted by Gasteiger charge is -2.31. The highest BCUT2D eigenvalue weighted by molar-refractivity contribution is 6.21. The second-order valence-corrected chi connectivity index (χ2v) is 6.55. The average molecular weight is 383 g/mol. The first kappa shape index (κ1) is 18.0. The topological polar surface area (TPSA) is 88.5 Å². The van der Waals surface area contributed by atoms with Gasteiger partial charge in [0.25, 0.3) is 0 Å². The number of carbonyl (C=O) groups excluding carboxylic acids is 1. The molecule has 146 valence electrons. The van der Waals surface area contributed by atoms with Crippen LogP contribution in [0.15, 0.2) is 24.3 Å². The molecular formula is C21H21NO6. The number of ether oxygens (including phenoxy) is 3. The Hall–Kier alpha value is -3.35. The third kappa shape index (κ3) is 2.46. The monoisotopic (exact) mass is 383 g/mol. The van der Waals surface area contributed by atoms with Gasteiger partial charge in [0.1, 0.15) is 5.75 Å². The van der Waals surface area contributed by atoms with Gasteiger partial charge in [0.2, 0.25) is 5.75 Å². The third-order valence-electron chi connectivity index (χ3n) is 5.11. The van der Waals surface area contributed by atoms with E-state index < -0.39 is 6.09 Å². The van der Waals surface area contributed by atoms with Gasteiger partial charge in [-0.2, -0.15) is 0 Å². The molecule has 28 heavy (non-hydrogen) atoms. The summed E-state index contributed by atoms with van der Waals surface area (Å²) in [5, 5.41) is 23.8. The lowest BCUT2D eigenvalue weighted by Crippen LogP contribution is -2.35. The fraction of sp³-hybridized carbons (Fsp3) is 0.286. The molecule has 4 rings (SSSR count). The molecule has 0 atom stereocenters. The van der Waals surface area contributed by atoms with Crippen molar-refractivity contribution < 1.29 is 29.2 Å². The Morgan fingerprint density at radius 3 is 2.54 bits per heavy atom. The normalized spacial score (nSPS) is 13.0. The van der Waals surface area contributed by atoms with Crippen molar-refractivity contribution in [3.63, 3.8) is 0 Å². The number of phenolic OH excluding ortho intramolecular Hbond substituents is 2. The molecular weight excluding hydrogens is 362 g/mol. The Bertz CT molecular complexity index is 1110. The molecule has 3 aromatic rings. The van der Waals surface area contributed by atoms with E-state index in [9.17, 15) is 15.0 Å². The number of nitrogens with zero attached hydrogens (tertiary/aromatic N) is 1. The molecule has 3 aromatic carbocycles. The number of hydrogen-bond donors (Lipinski definition) is 2. The summed E-state index contributed by atoms with van der Waals surface area (Å²) in [6.45, 7) is 2.37. The van der Waals surface area contributed by atoms with Crippen LogP contribution in [0.1, 0.15) is 12.5 Å². The Morgan fingerprint density at radius 1 is 1.11 bits per heavy atom. The van der Waals surface area contributed by atoms with E-state index in [1.807, 2.05) is 6.07 Å². The Morgan fingerprint density at radius 2 is 1.86 bits per heavy atom. The number of carbonyl (C=O) groups is 1. The second kappa shape index (κ2) is 6.67. The molecule has 0 spiro atoms. The van der Waals surface area contributed by atoms with Gasteiger partial charge in [0, 0.05) is 22.9 Å². The number of benzene rings is 3. The van der Waals surface area contributed by atoms with Gasteiger partial charge in [-0.3, -0.25) is 4.90 Å². The van der Waals surface area contributed by atoms with E-state index in [1.165, 1.54) is 14.2 Å². The van der Waals surface area contributed by atoms with Crippen LogP contribution < -0.4 is 14.4 Å². The summed E-state index contributed by atoms with van der Waals surface area (Å²) in [5.41, 5.74) is 1.29. The van der Waals surface area contributed by atoms with Crippen LogP contribution in [0.25, 0.3) is 21.5 Å². The zero-order valence-electron chi connectivity index (χ0n) is 15.9. The Balaban J connectivity index is 2.19. The van der Waals surface area contributed by atoms with Crippen LogP contribution >= 0.6 is 0 Å². The summed E-state index contributed by atoms with van der Waals surface area (Å²) in [6, 6.07) is 6.83. The van der Waals surface area contributed by atoms with Gasteiger partial charge in [0.05, 0.1) is 26.5 Å². The van der Waals surface area contributed by atoms with E-state index in [2.05, 4.69) is 0 Å². The molecule has 1 amide bonds. The molecule has 7 nitrogen and oxygen atoms in total. The highest BCUT2D eigenvalue weighted by Gasteiger charge is 2.32. The third-order valence-corrected chi connectivity index (χ3v) is 5.11. The van der Waals surface area contributed by atoms with Crippen LogP contribution in [0.3, 0.4) is 0 Å². The Kier molecular flexibility index (Phi) is 4.30. The molecule has 2 N–H and O–H groups in total. The van der Waals surface area contributed by atoms with Gasteiger partial charge in [-0.1, -0.05) is 0 Å². The number of fused-ring (bicyclic) bond motifs is 2. The van der Waals surface area contributed by atoms with Crippen molar-refractivity contribution in [1.29, 1.82) is 0 Å². The van der Waals surface area contributed by atoms with Crippen LogP contribution in [-0.4, -0.2) is 43.7 Å². The van der Waals surface area contributed by atoms with E-state index in [0.29, 0.717) is 40.7 Å². The van der Waals surface area contributed by atoms with Gasteiger partial charge in [-0.05, 0) is 48.4 Å². The fourth-order valence-electron chi connectivity index (χ4n) is 3.97. The molecule has 0 saturated carbocycles. The van der Waals surface area contributed by atoms with E-state index in [0.717, 1.165) is 10.8 Å². The quantitative estimate of drug-likeness (QED) is 0.666. The first-order valence-corrected chi connectivity index (χ1v) is 9.01. The number of methoxy groups -OCH3 is 2. The highest BCUT2D eigenvalue weighted by Crippen LogP contribution is 2.53. The van der Waals surface area contributed by atoms with Crippen molar-refractivity contribution in [2.24, 2.45) is 0 Å². The maximum absolute atomic E-state index is 12.5. The van der Waals surface area contributed by atoms with E-state index in [-0.39, 0.29) is 23.9 Å². The summed E-state index contributed by atoms with van der Waals surface area (Å²) in [7, 11) is 2.98. The summed E-state index contributed by atoms with van der Waals surface area (Å²) >= 11 is 0. The molecule has 0 bridgehead atoms. The number of phenols is 2. The molecule has 0 aliphatic carbocycles. The maximum atomic E-state index is 12.5. The van der Waals surface area contributed by atoms with Crippen LogP contribution in [0.5, 0.6) is 23.0 Å². The van der Waals surface area contributed by atoms with Crippen molar-refractivity contribution in [3.05, 3.63) is 29.8 Å². The smallest absolute Gasteiger partial charge is 0.414 e. The molecule has 7 heteroatoms. The molecule has 0 unspecified atom stereocenters. The minimum Gasteiger partial charge on any atom is -0.508 e. The highest BCUT2D eigenvalue weighted by atomic mass is 16.6.